The number of aromatic nitrogens is 4. The minimum Gasteiger partial charge on any atom is -0.272 e. The quantitative estimate of drug-likeness (QED) is 0.892. The van der Waals surface area contributed by atoms with Crippen LogP contribution in [0.15, 0.2) is 17.3 Å². The summed E-state index contributed by atoms with van der Waals surface area (Å²) >= 11 is 0. The fourth-order valence-corrected chi connectivity index (χ4v) is 3.82. The molecule has 1 aliphatic carbocycles. The van der Waals surface area contributed by atoms with Crippen LogP contribution in [0, 0.1) is 0 Å². The van der Waals surface area contributed by atoms with E-state index in [1.54, 1.807) is 11.7 Å². The van der Waals surface area contributed by atoms with Crippen molar-refractivity contribution in [3.63, 3.8) is 0 Å². The number of aryl methyl sites for hydroxylation is 1. The van der Waals surface area contributed by atoms with Crippen molar-refractivity contribution in [3.05, 3.63) is 29.3 Å². The fraction of sp³-hybridized carbons (Fsp3) is 0.533. The fourth-order valence-electron chi connectivity index (χ4n) is 2.93. The summed E-state index contributed by atoms with van der Waals surface area (Å²) in [5.74, 6) is -0.689. The zero-order valence-electron chi connectivity index (χ0n) is 14.0. The van der Waals surface area contributed by atoms with Gasteiger partial charge in [-0.2, -0.15) is 10.2 Å². The molecule has 8 nitrogen and oxygen atoms in total. The number of nitrogens with zero attached hydrogens (tertiary/aromatic N) is 4. The molecule has 0 spiro atoms. The molecule has 2 heterocycles. The van der Waals surface area contributed by atoms with Crippen LogP contribution in [0.25, 0.3) is 0 Å². The monoisotopic (exact) mass is 351 g/mol. The number of carbonyl (C=O) groups excluding carboxylic acids is 1. The van der Waals surface area contributed by atoms with Crippen molar-refractivity contribution in [2.24, 2.45) is 7.05 Å². The molecule has 2 aromatic rings. The van der Waals surface area contributed by atoms with Crippen LogP contribution in [0.5, 0.6) is 0 Å². The third-order valence-corrected chi connectivity index (χ3v) is 5.51. The first-order valence-corrected chi connectivity index (χ1v) is 9.44. The Hall–Kier alpha value is -2.16. The number of fused-ring (bicyclic) bond motifs is 1. The first-order chi connectivity index (χ1) is 11.3. The Balaban J connectivity index is 1.86. The number of hydrogen-bond acceptors (Lipinski definition) is 5. The van der Waals surface area contributed by atoms with Crippen LogP contribution in [0.1, 0.15) is 54.5 Å². The van der Waals surface area contributed by atoms with Gasteiger partial charge in [-0.05, 0) is 39.5 Å². The lowest BCUT2D eigenvalue weighted by Gasteiger charge is -2.12. The largest absolute Gasteiger partial charge is 0.285 e. The molecule has 0 fully saturated rings. The van der Waals surface area contributed by atoms with Crippen LogP contribution >= 0.6 is 0 Å². The van der Waals surface area contributed by atoms with Gasteiger partial charge in [-0.1, -0.05) is 0 Å². The number of carbonyl (C=O) groups is 1. The highest BCUT2D eigenvalue weighted by Crippen LogP contribution is 2.24. The Morgan fingerprint density at radius 2 is 2.00 bits per heavy atom. The number of hydrogen-bond donors (Lipinski definition) is 1. The van der Waals surface area contributed by atoms with E-state index in [0.29, 0.717) is 0 Å². The third kappa shape index (κ3) is 2.95. The molecule has 3 rings (SSSR count). The van der Waals surface area contributed by atoms with Crippen molar-refractivity contribution in [1.82, 2.24) is 24.3 Å². The molecule has 1 N–H and O–H groups in total. The Labute approximate surface area is 140 Å². The second kappa shape index (κ2) is 6.04. The van der Waals surface area contributed by atoms with Crippen molar-refractivity contribution in [1.29, 1.82) is 0 Å². The van der Waals surface area contributed by atoms with Gasteiger partial charge >= 0.3 is 0 Å². The van der Waals surface area contributed by atoms with Gasteiger partial charge in [0.15, 0.2) is 5.69 Å². The third-order valence-electron chi connectivity index (χ3n) is 4.22. The van der Waals surface area contributed by atoms with E-state index in [-0.39, 0.29) is 16.6 Å². The molecular weight excluding hydrogens is 330 g/mol. The normalized spacial score (nSPS) is 14.7. The molecule has 130 valence electrons. The lowest BCUT2D eigenvalue weighted by Crippen LogP contribution is -2.31. The highest BCUT2D eigenvalue weighted by atomic mass is 32.2. The van der Waals surface area contributed by atoms with Gasteiger partial charge in [-0.3, -0.25) is 14.2 Å². The van der Waals surface area contributed by atoms with Crippen molar-refractivity contribution in [2.45, 2.75) is 50.5 Å². The average molecular weight is 351 g/mol. The van der Waals surface area contributed by atoms with Crippen LogP contribution in [0.3, 0.4) is 0 Å². The topological polar surface area (TPSA) is 98.9 Å². The summed E-state index contributed by atoms with van der Waals surface area (Å²) in [7, 11) is -2.19. The van der Waals surface area contributed by atoms with E-state index in [2.05, 4.69) is 14.9 Å². The van der Waals surface area contributed by atoms with E-state index in [0.717, 1.165) is 36.9 Å². The van der Waals surface area contributed by atoms with E-state index in [9.17, 15) is 13.2 Å². The molecule has 24 heavy (non-hydrogen) atoms. The minimum atomic E-state index is -3.97. The number of rotatable bonds is 4. The maximum Gasteiger partial charge on any atom is 0.285 e. The second-order valence-electron chi connectivity index (χ2n) is 6.29. The summed E-state index contributed by atoms with van der Waals surface area (Å²) in [5, 5.41) is 8.23. The van der Waals surface area contributed by atoms with Gasteiger partial charge in [0.1, 0.15) is 4.90 Å². The predicted octanol–water partition coefficient (Wildman–Crippen LogP) is 1.19. The van der Waals surface area contributed by atoms with Crippen molar-refractivity contribution >= 4 is 15.9 Å². The molecule has 0 radical (unpaired) electrons. The summed E-state index contributed by atoms with van der Waals surface area (Å²) in [6, 6.07) is 0.0347. The molecule has 0 bridgehead atoms. The van der Waals surface area contributed by atoms with Crippen molar-refractivity contribution in [2.75, 3.05) is 0 Å². The smallest absolute Gasteiger partial charge is 0.272 e. The maximum absolute atomic E-state index is 12.5. The summed E-state index contributed by atoms with van der Waals surface area (Å²) in [4.78, 5) is 12.4. The molecule has 0 atom stereocenters. The van der Waals surface area contributed by atoms with Gasteiger partial charge in [0, 0.05) is 30.5 Å². The lowest BCUT2D eigenvalue weighted by atomic mass is 9.95. The van der Waals surface area contributed by atoms with Gasteiger partial charge in [0.25, 0.3) is 15.9 Å². The van der Waals surface area contributed by atoms with E-state index >= 15 is 0 Å². The van der Waals surface area contributed by atoms with Gasteiger partial charge < -0.3 is 0 Å². The lowest BCUT2D eigenvalue weighted by molar-refractivity contribution is 0.0975. The molecular formula is C15H21N5O3S. The molecule has 1 aliphatic rings. The predicted molar refractivity (Wildman–Crippen MR) is 87.1 cm³/mol. The molecule has 0 saturated carbocycles. The highest BCUT2D eigenvalue weighted by molar-refractivity contribution is 7.90. The maximum atomic E-state index is 12.5. The number of sulfonamides is 1. The van der Waals surface area contributed by atoms with Crippen LogP contribution in [0.2, 0.25) is 0 Å². The van der Waals surface area contributed by atoms with E-state index in [1.165, 1.54) is 17.1 Å². The standard InChI is InChI=1S/C15H21N5O3S/c1-10(2)20-9-11(8-16-20)24(22,23)18-15(21)14-12-6-4-5-7-13(12)19(3)17-14/h8-10H,4-7H2,1-3H3,(H,18,21). The first kappa shape index (κ1) is 16.7. The van der Waals surface area contributed by atoms with Crippen LogP contribution < -0.4 is 4.72 Å². The Morgan fingerprint density at radius 1 is 1.29 bits per heavy atom. The van der Waals surface area contributed by atoms with Crippen LogP contribution in [0.4, 0.5) is 0 Å². The summed E-state index contributed by atoms with van der Waals surface area (Å²) in [6.45, 7) is 3.78. The first-order valence-electron chi connectivity index (χ1n) is 7.95. The van der Waals surface area contributed by atoms with Gasteiger partial charge in [0.05, 0.1) is 6.20 Å². The summed E-state index contributed by atoms with van der Waals surface area (Å²) in [6.07, 6.45) is 6.29. The number of nitrogens with one attached hydrogen (secondary N) is 1. The zero-order chi connectivity index (χ0) is 17.5. The van der Waals surface area contributed by atoms with Crippen LogP contribution in [-0.4, -0.2) is 33.9 Å². The minimum absolute atomic E-state index is 0.0330. The molecule has 0 aliphatic heterocycles. The zero-order valence-corrected chi connectivity index (χ0v) is 14.8. The van der Waals surface area contributed by atoms with E-state index in [1.807, 2.05) is 13.8 Å². The summed E-state index contributed by atoms with van der Waals surface area (Å²) in [5.41, 5.74) is 2.07. The molecule has 9 heteroatoms. The van der Waals surface area contributed by atoms with Gasteiger partial charge in [-0.15, -0.1) is 0 Å². The molecule has 0 unspecified atom stereocenters. The second-order valence-corrected chi connectivity index (χ2v) is 7.97. The Bertz CT molecular complexity index is 879. The highest BCUT2D eigenvalue weighted by Gasteiger charge is 2.27. The summed E-state index contributed by atoms with van der Waals surface area (Å²) < 4.78 is 30.1. The average Bonchev–Trinajstić information content (AvgIpc) is 3.13. The van der Waals surface area contributed by atoms with E-state index in [4.69, 9.17) is 0 Å². The van der Waals surface area contributed by atoms with Gasteiger partial charge in [-0.25, -0.2) is 13.1 Å². The van der Waals surface area contributed by atoms with Gasteiger partial charge in [0.2, 0.25) is 0 Å². The number of amides is 1. The molecule has 2 aromatic heterocycles. The molecule has 0 saturated heterocycles. The molecule has 0 aromatic carbocycles. The Kier molecular flexibility index (Phi) is 4.20. The molecule has 1 amide bonds. The van der Waals surface area contributed by atoms with Crippen molar-refractivity contribution < 1.29 is 13.2 Å². The van der Waals surface area contributed by atoms with E-state index < -0.39 is 15.9 Å². The van der Waals surface area contributed by atoms with Crippen molar-refractivity contribution in [3.8, 4) is 0 Å². The van der Waals surface area contributed by atoms with Crippen LogP contribution in [-0.2, 0) is 29.9 Å². The Morgan fingerprint density at radius 3 is 2.67 bits per heavy atom. The SMILES string of the molecule is CC(C)n1cc(S(=O)(=O)NC(=O)c2nn(C)c3c2CCCC3)cn1.